The zero-order valence-electron chi connectivity index (χ0n) is 20.8. The average Bonchev–Trinajstić information content (AvgIpc) is 3.55. The SMILES string of the molecule is Cc1ccc(C(=O)NC2CC2)cc1-n1cnc(C(=O)c2cccc(OCC(=O)OC(C)(C)C)c2)c1N. The van der Waals surface area contributed by atoms with Crippen molar-refractivity contribution in [3.8, 4) is 11.4 Å². The third-order valence-electron chi connectivity index (χ3n) is 5.54. The molecule has 0 saturated heterocycles. The van der Waals surface area contributed by atoms with E-state index in [1.807, 2.05) is 13.0 Å². The van der Waals surface area contributed by atoms with Crippen LogP contribution in [0.1, 0.15) is 65.6 Å². The number of carbonyl (C=O) groups is 3. The van der Waals surface area contributed by atoms with E-state index < -0.39 is 17.4 Å². The number of nitrogens with two attached hydrogens (primary N) is 1. The molecule has 1 amide bonds. The predicted octanol–water partition coefficient (Wildman–Crippen LogP) is 3.61. The highest BCUT2D eigenvalue weighted by Gasteiger charge is 2.25. The summed E-state index contributed by atoms with van der Waals surface area (Å²) in [6.07, 6.45) is 3.46. The first-order valence-electron chi connectivity index (χ1n) is 11.8. The molecule has 3 aromatic rings. The lowest BCUT2D eigenvalue weighted by Gasteiger charge is -2.19. The Labute approximate surface area is 209 Å². The fourth-order valence-corrected chi connectivity index (χ4v) is 3.61. The van der Waals surface area contributed by atoms with Gasteiger partial charge in [-0.3, -0.25) is 14.2 Å². The Morgan fingerprint density at radius 1 is 1.11 bits per heavy atom. The number of nitrogens with zero attached hydrogens (tertiary/aromatic N) is 2. The number of carbonyl (C=O) groups excluding carboxylic acids is 3. The van der Waals surface area contributed by atoms with Crippen LogP contribution in [0.2, 0.25) is 0 Å². The Balaban J connectivity index is 1.52. The van der Waals surface area contributed by atoms with Crippen molar-refractivity contribution >= 4 is 23.5 Å². The second-order valence-corrected chi connectivity index (χ2v) is 9.83. The molecule has 0 aliphatic heterocycles. The molecule has 4 rings (SSSR count). The van der Waals surface area contributed by atoms with Crippen LogP contribution in [0.15, 0.2) is 48.8 Å². The molecule has 3 N–H and O–H groups in total. The quantitative estimate of drug-likeness (QED) is 0.365. The van der Waals surface area contributed by atoms with Crippen LogP contribution in [0.25, 0.3) is 5.69 Å². The molecule has 2 aromatic carbocycles. The monoisotopic (exact) mass is 490 g/mol. The largest absolute Gasteiger partial charge is 0.482 e. The highest BCUT2D eigenvalue weighted by atomic mass is 16.6. The lowest BCUT2D eigenvalue weighted by Crippen LogP contribution is -2.27. The summed E-state index contributed by atoms with van der Waals surface area (Å²) in [4.78, 5) is 41.9. The Kier molecular flexibility index (Phi) is 6.83. The van der Waals surface area contributed by atoms with Crippen molar-refractivity contribution < 1.29 is 23.9 Å². The number of hydrogen-bond acceptors (Lipinski definition) is 7. The van der Waals surface area contributed by atoms with Gasteiger partial charge in [-0.1, -0.05) is 18.2 Å². The minimum absolute atomic E-state index is 0.0755. The number of hydrogen-bond donors (Lipinski definition) is 2. The van der Waals surface area contributed by atoms with E-state index in [-0.39, 0.29) is 30.1 Å². The van der Waals surface area contributed by atoms with Crippen molar-refractivity contribution in [3.05, 3.63) is 71.2 Å². The van der Waals surface area contributed by atoms with Crippen LogP contribution in [0.5, 0.6) is 5.75 Å². The Hall–Kier alpha value is -4.14. The van der Waals surface area contributed by atoms with Crippen molar-refractivity contribution in [2.45, 2.75) is 52.2 Å². The number of amides is 1. The lowest BCUT2D eigenvalue weighted by atomic mass is 10.1. The van der Waals surface area contributed by atoms with E-state index >= 15 is 0 Å². The fraction of sp³-hybridized carbons (Fsp3) is 0.333. The van der Waals surface area contributed by atoms with E-state index in [4.69, 9.17) is 15.2 Å². The number of aryl methyl sites for hydroxylation is 1. The third-order valence-corrected chi connectivity index (χ3v) is 5.54. The number of aromatic nitrogens is 2. The Morgan fingerprint density at radius 2 is 1.86 bits per heavy atom. The first-order valence-corrected chi connectivity index (χ1v) is 11.8. The van der Waals surface area contributed by atoms with Crippen molar-refractivity contribution in [1.29, 1.82) is 0 Å². The molecule has 9 nitrogen and oxygen atoms in total. The summed E-state index contributed by atoms with van der Waals surface area (Å²) in [5.41, 5.74) is 8.16. The summed E-state index contributed by atoms with van der Waals surface area (Å²) >= 11 is 0. The van der Waals surface area contributed by atoms with E-state index in [9.17, 15) is 14.4 Å². The molecule has 0 bridgehead atoms. The van der Waals surface area contributed by atoms with Gasteiger partial charge in [0.1, 0.15) is 23.5 Å². The summed E-state index contributed by atoms with van der Waals surface area (Å²) in [6, 6.07) is 12.0. The van der Waals surface area contributed by atoms with Crippen molar-refractivity contribution in [3.63, 3.8) is 0 Å². The molecule has 1 aromatic heterocycles. The molecular formula is C27H30N4O5. The van der Waals surface area contributed by atoms with Gasteiger partial charge < -0.3 is 20.5 Å². The number of ketones is 1. The Bertz CT molecular complexity index is 1320. The zero-order chi connectivity index (χ0) is 26.0. The van der Waals surface area contributed by atoms with Crippen LogP contribution in [-0.4, -0.2) is 45.5 Å². The fourth-order valence-electron chi connectivity index (χ4n) is 3.61. The molecule has 9 heteroatoms. The Morgan fingerprint density at radius 3 is 2.56 bits per heavy atom. The molecule has 0 radical (unpaired) electrons. The molecule has 36 heavy (non-hydrogen) atoms. The molecule has 1 aliphatic rings. The standard InChI is InChI=1S/C27H30N4O5/c1-16-8-9-18(26(34)30-19-10-11-19)13-21(16)31-15-29-23(25(31)28)24(33)17-6-5-7-20(12-17)35-14-22(32)36-27(2,3)4/h5-9,12-13,15,19H,10-11,14,28H2,1-4H3,(H,30,34). The molecule has 188 valence electrons. The molecule has 1 heterocycles. The van der Waals surface area contributed by atoms with Crippen molar-refractivity contribution in [1.82, 2.24) is 14.9 Å². The second-order valence-electron chi connectivity index (χ2n) is 9.83. The maximum atomic E-state index is 13.2. The van der Waals surface area contributed by atoms with Gasteiger partial charge in [0.15, 0.2) is 12.3 Å². The van der Waals surface area contributed by atoms with E-state index in [1.165, 1.54) is 12.4 Å². The summed E-state index contributed by atoms with van der Waals surface area (Å²) in [6.45, 7) is 6.93. The maximum Gasteiger partial charge on any atom is 0.344 e. The highest BCUT2D eigenvalue weighted by molar-refractivity contribution is 6.10. The van der Waals surface area contributed by atoms with Crippen LogP contribution in [-0.2, 0) is 9.53 Å². The predicted molar refractivity (Wildman–Crippen MR) is 134 cm³/mol. The summed E-state index contributed by atoms with van der Waals surface area (Å²) in [7, 11) is 0. The lowest BCUT2D eigenvalue weighted by molar-refractivity contribution is -0.157. The molecule has 0 spiro atoms. The second kappa shape index (κ2) is 9.85. The normalized spacial score (nSPS) is 13.2. The molecule has 1 fully saturated rings. The summed E-state index contributed by atoms with van der Waals surface area (Å²) < 4.78 is 12.3. The van der Waals surface area contributed by atoms with Gasteiger partial charge >= 0.3 is 5.97 Å². The first-order chi connectivity index (χ1) is 17.0. The maximum absolute atomic E-state index is 13.2. The van der Waals surface area contributed by atoms with Gasteiger partial charge in [0, 0.05) is 17.2 Å². The van der Waals surface area contributed by atoms with E-state index in [0.717, 1.165) is 18.4 Å². The van der Waals surface area contributed by atoms with Gasteiger partial charge in [0.25, 0.3) is 5.91 Å². The molecule has 0 atom stereocenters. The van der Waals surface area contributed by atoms with Crippen LogP contribution < -0.4 is 15.8 Å². The summed E-state index contributed by atoms with van der Waals surface area (Å²) in [5, 5.41) is 2.97. The van der Waals surface area contributed by atoms with Crippen LogP contribution in [0, 0.1) is 6.92 Å². The van der Waals surface area contributed by atoms with Crippen molar-refractivity contribution in [2.75, 3.05) is 12.3 Å². The van der Waals surface area contributed by atoms with Gasteiger partial charge in [-0.15, -0.1) is 0 Å². The van der Waals surface area contributed by atoms with E-state index in [0.29, 0.717) is 22.6 Å². The molecule has 1 saturated carbocycles. The van der Waals surface area contributed by atoms with Crippen molar-refractivity contribution in [2.24, 2.45) is 0 Å². The number of nitrogens with one attached hydrogen (secondary N) is 1. The van der Waals surface area contributed by atoms with E-state index in [2.05, 4.69) is 10.3 Å². The number of benzene rings is 2. The minimum Gasteiger partial charge on any atom is -0.482 e. The molecule has 1 aliphatic carbocycles. The summed E-state index contributed by atoms with van der Waals surface area (Å²) in [5.74, 6) is -0.547. The number of esters is 1. The van der Waals surface area contributed by atoms with Crippen LogP contribution in [0.3, 0.4) is 0 Å². The van der Waals surface area contributed by atoms with Crippen LogP contribution >= 0.6 is 0 Å². The minimum atomic E-state index is -0.618. The topological polar surface area (TPSA) is 126 Å². The van der Waals surface area contributed by atoms with Gasteiger partial charge in [-0.05, 0) is 70.4 Å². The smallest absolute Gasteiger partial charge is 0.344 e. The van der Waals surface area contributed by atoms with Gasteiger partial charge in [-0.2, -0.15) is 0 Å². The first kappa shape index (κ1) is 25.0. The van der Waals surface area contributed by atoms with E-state index in [1.54, 1.807) is 55.7 Å². The highest BCUT2D eigenvalue weighted by Crippen LogP contribution is 2.25. The van der Waals surface area contributed by atoms with Gasteiger partial charge in [0.2, 0.25) is 5.78 Å². The number of rotatable bonds is 8. The van der Waals surface area contributed by atoms with Crippen LogP contribution in [0.4, 0.5) is 5.82 Å². The zero-order valence-corrected chi connectivity index (χ0v) is 20.8. The molecular weight excluding hydrogens is 460 g/mol. The number of imidazole rings is 1. The van der Waals surface area contributed by atoms with Gasteiger partial charge in [-0.25, -0.2) is 9.78 Å². The average molecular weight is 491 g/mol. The number of anilines is 1. The molecule has 0 unspecified atom stereocenters. The number of ether oxygens (including phenoxy) is 2. The third kappa shape index (κ3) is 5.91. The number of nitrogen functional groups attached to an aromatic ring is 1. The van der Waals surface area contributed by atoms with Gasteiger partial charge in [0.05, 0.1) is 5.69 Å².